The van der Waals surface area contributed by atoms with Crippen LogP contribution in [0.2, 0.25) is 0 Å². The summed E-state index contributed by atoms with van der Waals surface area (Å²) in [7, 11) is 0. The number of rotatable bonds is 3. The molecule has 0 bridgehead atoms. The van der Waals surface area contributed by atoms with Crippen LogP contribution in [0.25, 0.3) is 0 Å². The van der Waals surface area contributed by atoms with Crippen LogP contribution in [0.1, 0.15) is 25.7 Å². The minimum Gasteiger partial charge on any atom is -0.374 e. The van der Waals surface area contributed by atoms with E-state index in [9.17, 15) is 4.79 Å². The number of hydrogen-bond acceptors (Lipinski definition) is 3. The van der Waals surface area contributed by atoms with Crippen LogP contribution in [0.4, 0.5) is 0 Å². The Kier molecular flexibility index (Phi) is 5.24. The van der Waals surface area contributed by atoms with Gasteiger partial charge in [0.15, 0.2) is 0 Å². The zero-order valence-corrected chi connectivity index (χ0v) is 14.4. The maximum Gasteiger partial charge on any atom is 0.233 e. The lowest BCUT2D eigenvalue weighted by atomic mass is 9.90. The molecule has 1 aliphatic carbocycles. The van der Waals surface area contributed by atoms with Crippen LogP contribution in [0.3, 0.4) is 0 Å². The molecule has 2 fully saturated rings. The highest BCUT2D eigenvalue weighted by Crippen LogP contribution is 2.29. The van der Waals surface area contributed by atoms with Gasteiger partial charge in [0.25, 0.3) is 0 Å². The first-order valence-electron chi connectivity index (χ1n) is 7.53. The van der Waals surface area contributed by atoms with Crippen molar-refractivity contribution in [3.8, 4) is 0 Å². The molecule has 2 atom stereocenters. The average molecular weight is 370 g/mol. The van der Waals surface area contributed by atoms with Gasteiger partial charge >= 0.3 is 0 Å². The topological polar surface area (TPSA) is 29.5 Å². The number of fused-ring (bicyclic) bond motifs is 1. The van der Waals surface area contributed by atoms with Crippen molar-refractivity contribution in [2.45, 2.75) is 42.7 Å². The van der Waals surface area contributed by atoms with E-state index in [2.05, 4.69) is 20.8 Å². The minimum atomic E-state index is 0.253. The molecule has 1 aromatic rings. The molecular formula is C16H20BrNO2S. The van der Waals surface area contributed by atoms with Crippen molar-refractivity contribution in [3.63, 3.8) is 0 Å². The number of morpholine rings is 1. The molecule has 1 heterocycles. The smallest absolute Gasteiger partial charge is 0.233 e. The molecule has 1 aromatic carbocycles. The van der Waals surface area contributed by atoms with Gasteiger partial charge in [0.2, 0.25) is 5.91 Å². The van der Waals surface area contributed by atoms with Crippen molar-refractivity contribution >= 4 is 33.6 Å². The molecule has 1 saturated carbocycles. The summed E-state index contributed by atoms with van der Waals surface area (Å²) in [4.78, 5) is 15.7. The Morgan fingerprint density at radius 2 is 2.05 bits per heavy atom. The van der Waals surface area contributed by atoms with Gasteiger partial charge in [-0.15, -0.1) is 11.8 Å². The molecule has 3 nitrogen and oxygen atoms in total. The van der Waals surface area contributed by atoms with Crippen LogP contribution in [-0.4, -0.2) is 41.9 Å². The molecule has 0 spiro atoms. The van der Waals surface area contributed by atoms with E-state index >= 15 is 0 Å². The fourth-order valence-corrected chi connectivity index (χ4v) is 4.21. The average Bonchev–Trinajstić information content (AvgIpc) is 2.53. The first kappa shape index (κ1) is 15.4. The third-order valence-electron chi connectivity index (χ3n) is 4.23. The van der Waals surface area contributed by atoms with E-state index in [0.717, 1.165) is 28.8 Å². The third-order valence-corrected chi connectivity index (χ3v) is 5.75. The van der Waals surface area contributed by atoms with E-state index < -0.39 is 0 Å². The summed E-state index contributed by atoms with van der Waals surface area (Å²) < 4.78 is 6.90. The quantitative estimate of drug-likeness (QED) is 0.760. The number of carbonyl (C=O) groups is 1. The molecule has 2 unspecified atom stereocenters. The van der Waals surface area contributed by atoms with Gasteiger partial charge in [-0.3, -0.25) is 4.79 Å². The summed E-state index contributed by atoms with van der Waals surface area (Å²) in [6.45, 7) is 1.44. The second kappa shape index (κ2) is 7.16. The third kappa shape index (κ3) is 3.82. The summed E-state index contributed by atoms with van der Waals surface area (Å²) in [6, 6.07) is 8.43. The van der Waals surface area contributed by atoms with Crippen LogP contribution >= 0.6 is 27.7 Å². The van der Waals surface area contributed by atoms with Crippen LogP contribution in [0.15, 0.2) is 33.6 Å². The molecule has 1 amide bonds. The molecule has 2 aliphatic rings. The number of thioether (sulfide) groups is 1. The molecule has 0 N–H and O–H groups in total. The first-order valence-corrected chi connectivity index (χ1v) is 9.31. The molecule has 0 radical (unpaired) electrons. The summed E-state index contributed by atoms with van der Waals surface area (Å²) in [5.74, 6) is 0.772. The normalized spacial score (nSPS) is 25.5. The number of carbonyl (C=O) groups excluding carboxylic acids is 1. The number of nitrogens with zero attached hydrogens (tertiary/aromatic N) is 1. The molecule has 5 heteroatoms. The fraction of sp³-hybridized carbons (Fsp3) is 0.562. The Hall–Kier alpha value is -0.520. The lowest BCUT2D eigenvalue weighted by Crippen LogP contribution is -2.55. The Bertz CT molecular complexity index is 492. The predicted octanol–water partition coefficient (Wildman–Crippen LogP) is 3.71. The van der Waals surface area contributed by atoms with E-state index in [-0.39, 0.29) is 12.0 Å². The van der Waals surface area contributed by atoms with Gasteiger partial charge in [-0.05, 0) is 37.1 Å². The summed E-state index contributed by atoms with van der Waals surface area (Å²) >= 11 is 5.05. The van der Waals surface area contributed by atoms with E-state index in [1.165, 1.54) is 12.8 Å². The van der Waals surface area contributed by atoms with E-state index in [1.807, 2.05) is 24.3 Å². The van der Waals surface area contributed by atoms with Crippen molar-refractivity contribution in [3.05, 3.63) is 28.7 Å². The summed E-state index contributed by atoms with van der Waals surface area (Å²) in [6.07, 6.45) is 4.92. The van der Waals surface area contributed by atoms with Gasteiger partial charge in [-0.2, -0.15) is 0 Å². The molecule has 3 rings (SSSR count). The number of hydrogen-bond donors (Lipinski definition) is 0. The number of amides is 1. The van der Waals surface area contributed by atoms with Gasteiger partial charge in [0.05, 0.1) is 24.5 Å². The largest absolute Gasteiger partial charge is 0.374 e. The van der Waals surface area contributed by atoms with Crippen molar-refractivity contribution in [2.24, 2.45) is 0 Å². The summed E-state index contributed by atoms with van der Waals surface area (Å²) in [5.41, 5.74) is 0. The van der Waals surface area contributed by atoms with Gasteiger partial charge in [-0.25, -0.2) is 0 Å². The Morgan fingerprint density at radius 1 is 1.29 bits per heavy atom. The highest BCUT2D eigenvalue weighted by molar-refractivity contribution is 9.10. The monoisotopic (exact) mass is 369 g/mol. The molecule has 0 aromatic heterocycles. The second-order valence-electron chi connectivity index (χ2n) is 5.59. The Labute approximate surface area is 138 Å². The van der Waals surface area contributed by atoms with E-state index in [4.69, 9.17) is 4.74 Å². The number of benzene rings is 1. The minimum absolute atomic E-state index is 0.253. The zero-order valence-electron chi connectivity index (χ0n) is 12.0. The first-order chi connectivity index (χ1) is 10.2. The lowest BCUT2D eigenvalue weighted by molar-refractivity contribution is -0.146. The Balaban J connectivity index is 1.57. The van der Waals surface area contributed by atoms with E-state index in [0.29, 0.717) is 18.4 Å². The van der Waals surface area contributed by atoms with Crippen LogP contribution in [0, 0.1) is 0 Å². The van der Waals surface area contributed by atoms with Gasteiger partial charge in [-0.1, -0.05) is 28.8 Å². The number of ether oxygens (including phenoxy) is 1. The van der Waals surface area contributed by atoms with Crippen molar-refractivity contribution in [2.75, 3.05) is 18.9 Å². The Morgan fingerprint density at radius 3 is 2.86 bits per heavy atom. The fourth-order valence-electron chi connectivity index (χ4n) is 3.16. The molecule has 1 saturated heterocycles. The van der Waals surface area contributed by atoms with Gasteiger partial charge < -0.3 is 9.64 Å². The number of halogens is 1. The van der Waals surface area contributed by atoms with Crippen molar-refractivity contribution in [1.82, 2.24) is 4.90 Å². The maximum absolute atomic E-state index is 12.5. The highest BCUT2D eigenvalue weighted by atomic mass is 79.9. The maximum atomic E-state index is 12.5. The van der Waals surface area contributed by atoms with Crippen molar-refractivity contribution in [1.29, 1.82) is 0 Å². The second-order valence-corrected chi connectivity index (χ2v) is 7.56. The molecule has 1 aliphatic heterocycles. The van der Waals surface area contributed by atoms with Crippen molar-refractivity contribution < 1.29 is 9.53 Å². The van der Waals surface area contributed by atoms with E-state index in [1.54, 1.807) is 11.8 Å². The standard InChI is InChI=1S/C16H20BrNO2S/c17-12-5-7-13(8-6-12)21-11-16(19)18-9-10-20-15-4-2-1-3-14(15)18/h5-8,14-15H,1-4,9-11H2. The van der Waals surface area contributed by atoms with Crippen LogP contribution < -0.4 is 0 Å². The molecule has 21 heavy (non-hydrogen) atoms. The SMILES string of the molecule is O=C(CSc1ccc(Br)cc1)N1CCOC2CCCCC21. The predicted molar refractivity (Wildman–Crippen MR) is 88.6 cm³/mol. The lowest BCUT2D eigenvalue weighted by Gasteiger charge is -2.43. The molecule has 114 valence electrons. The zero-order chi connectivity index (χ0) is 14.7. The summed E-state index contributed by atoms with van der Waals surface area (Å²) in [5, 5.41) is 0. The van der Waals surface area contributed by atoms with Crippen LogP contribution in [-0.2, 0) is 9.53 Å². The van der Waals surface area contributed by atoms with Gasteiger partial charge in [0, 0.05) is 15.9 Å². The highest BCUT2D eigenvalue weighted by Gasteiger charge is 2.36. The van der Waals surface area contributed by atoms with Gasteiger partial charge in [0.1, 0.15) is 0 Å². The van der Waals surface area contributed by atoms with Crippen LogP contribution in [0.5, 0.6) is 0 Å². The molecular weight excluding hydrogens is 350 g/mol.